The van der Waals surface area contributed by atoms with Crippen molar-refractivity contribution in [1.82, 2.24) is 5.32 Å². The van der Waals surface area contributed by atoms with E-state index in [9.17, 15) is 9.59 Å². The van der Waals surface area contributed by atoms with E-state index in [1.807, 2.05) is 6.07 Å². The average molecular weight is 360 g/mol. The van der Waals surface area contributed by atoms with E-state index < -0.39 is 0 Å². The number of carbonyl (C=O) groups is 2. The van der Waals surface area contributed by atoms with Gasteiger partial charge in [-0.1, -0.05) is 37.3 Å². The summed E-state index contributed by atoms with van der Waals surface area (Å²) in [4.78, 5) is 24.1. The molecule has 1 aliphatic carbocycles. The van der Waals surface area contributed by atoms with Crippen LogP contribution in [-0.4, -0.2) is 17.6 Å². The maximum absolute atomic E-state index is 12.8. The van der Waals surface area contributed by atoms with Crippen molar-refractivity contribution < 1.29 is 9.59 Å². The molecule has 0 radical (unpaired) electrons. The number of aldehydes is 1. The second-order valence-electron chi connectivity index (χ2n) is 7.98. The Morgan fingerprint density at radius 1 is 1.20 bits per heavy atom. The van der Waals surface area contributed by atoms with Crippen LogP contribution in [0.25, 0.3) is 5.70 Å². The third-order valence-corrected chi connectivity index (χ3v) is 5.62. The minimum Gasteiger partial charge on any atom is -0.379 e. The lowest BCUT2D eigenvalue weighted by Crippen LogP contribution is -2.44. The van der Waals surface area contributed by atoms with E-state index in [0.717, 1.165) is 55.2 Å². The van der Waals surface area contributed by atoms with Gasteiger partial charge in [0.2, 0.25) is 0 Å². The Kier molecular flexibility index (Phi) is 5.33. The molecule has 3 nitrogen and oxygen atoms in total. The number of ketones is 1. The molecule has 0 atom stereocenters. The molecule has 0 spiro atoms. The average Bonchev–Trinajstić information content (AvgIpc) is 2.82. The number of carbonyl (C=O) groups excluding carboxylic acids is 2. The second kappa shape index (κ2) is 7.33. The Labute approximate surface area is 154 Å². The van der Waals surface area contributed by atoms with Crippen LogP contribution in [0, 0.1) is 5.92 Å². The van der Waals surface area contributed by atoms with Gasteiger partial charge in [-0.15, -0.1) is 0 Å². The molecule has 1 fully saturated rings. The second-order valence-corrected chi connectivity index (χ2v) is 8.39. The van der Waals surface area contributed by atoms with E-state index in [1.54, 1.807) is 12.1 Å². The van der Waals surface area contributed by atoms with E-state index in [1.165, 1.54) is 12.8 Å². The van der Waals surface area contributed by atoms with Gasteiger partial charge in [0.1, 0.15) is 0 Å². The van der Waals surface area contributed by atoms with Crippen LogP contribution in [-0.2, 0) is 11.2 Å². The van der Waals surface area contributed by atoms with E-state index in [0.29, 0.717) is 10.6 Å². The summed E-state index contributed by atoms with van der Waals surface area (Å²) in [6, 6.07) is 3.67. The molecule has 1 aliphatic heterocycles. The third-order valence-electron chi connectivity index (χ3n) is 5.29. The fourth-order valence-corrected chi connectivity index (χ4v) is 4.24. The standard InChI is InChI=1S/C21H26ClNO2/c1-21(2)12-15-10-18(22)16(13-24)9-17(15)19(23-21)11-20(25)14-7-5-3-4-6-8-14/h9-11,13-14,23H,3-8,12H2,1-2H3. The largest absolute Gasteiger partial charge is 0.379 e. The van der Waals surface area contributed by atoms with Crippen molar-refractivity contribution >= 4 is 29.4 Å². The summed E-state index contributed by atoms with van der Waals surface area (Å²) < 4.78 is 0. The number of benzene rings is 1. The van der Waals surface area contributed by atoms with Gasteiger partial charge in [-0.25, -0.2) is 0 Å². The molecular weight excluding hydrogens is 334 g/mol. The van der Waals surface area contributed by atoms with Crippen molar-refractivity contribution in [2.45, 2.75) is 64.3 Å². The highest BCUT2D eigenvalue weighted by atomic mass is 35.5. The third kappa shape index (κ3) is 4.14. The number of rotatable bonds is 3. The van der Waals surface area contributed by atoms with Crippen molar-refractivity contribution in [1.29, 1.82) is 0 Å². The zero-order valence-electron chi connectivity index (χ0n) is 15.0. The first-order valence-electron chi connectivity index (χ1n) is 9.21. The summed E-state index contributed by atoms with van der Waals surface area (Å²) >= 11 is 6.21. The van der Waals surface area contributed by atoms with Crippen molar-refractivity contribution in [3.8, 4) is 0 Å². The van der Waals surface area contributed by atoms with Crippen molar-refractivity contribution in [2.75, 3.05) is 0 Å². The molecule has 4 heteroatoms. The molecule has 0 unspecified atom stereocenters. The zero-order valence-corrected chi connectivity index (χ0v) is 15.8. The zero-order chi connectivity index (χ0) is 18.0. The van der Waals surface area contributed by atoms with Gasteiger partial charge in [-0.2, -0.15) is 0 Å². The van der Waals surface area contributed by atoms with E-state index in [-0.39, 0.29) is 17.2 Å². The van der Waals surface area contributed by atoms with E-state index in [4.69, 9.17) is 11.6 Å². The lowest BCUT2D eigenvalue weighted by Gasteiger charge is -2.36. The molecule has 2 aliphatic rings. The van der Waals surface area contributed by atoms with Crippen LogP contribution in [0.15, 0.2) is 18.2 Å². The summed E-state index contributed by atoms with van der Waals surface area (Å²) in [5.74, 6) is 0.332. The van der Waals surface area contributed by atoms with Crippen molar-refractivity contribution in [3.63, 3.8) is 0 Å². The number of allylic oxidation sites excluding steroid dienone is 1. The fraction of sp³-hybridized carbons (Fsp3) is 0.524. The Morgan fingerprint density at radius 3 is 2.52 bits per heavy atom. The molecule has 1 aromatic rings. The normalized spacial score (nSPS) is 22.0. The quantitative estimate of drug-likeness (QED) is 0.471. The van der Waals surface area contributed by atoms with Gasteiger partial charge in [0, 0.05) is 34.4 Å². The molecule has 0 saturated heterocycles. The summed E-state index contributed by atoms with van der Waals surface area (Å²) in [5, 5.41) is 3.96. The van der Waals surface area contributed by atoms with Gasteiger partial charge in [0.15, 0.2) is 12.1 Å². The predicted molar refractivity (Wildman–Crippen MR) is 102 cm³/mol. The first-order chi connectivity index (χ1) is 11.9. The molecule has 1 N–H and O–H groups in total. The van der Waals surface area contributed by atoms with Gasteiger partial charge in [-0.05, 0) is 50.8 Å². The highest BCUT2D eigenvalue weighted by Gasteiger charge is 2.29. The van der Waals surface area contributed by atoms with Gasteiger partial charge in [0.05, 0.1) is 5.02 Å². The van der Waals surface area contributed by atoms with E-state index >= 15 is 0 Å². The molecule has 0 amide bonds. The number of fused-ring (bicyclic) bond motifs is 1. The minimum absolute atomic E-state index is 0.128. The molecule has 25 heavy (non-hydrogen) atoms. The van der Waals surface area contributed by atoms with Crippen LogP contribution in [0.2, 0.25) is 5.02 Å². The Balaban J connectivity index is 1.97. The number of halogens is 1. The number of nitrogens with one attached hydrogen (secondary N) is 1. The summed E-state index contributed by atoms with van der Waals surface area (Å²) in [7, 11) is 0. The SMILES string of the molecule is CC1(C)Cc2cc(Cl)c(C=O)cc2C(=CC(=O)C2CCCCCC2)N1. The van der Waals surface area contributed by atoms with Crippen LogP contribution >= 0.6 is 11.6 Å². The first-order valence-corrected chi connectivity index (χ1v) is 9.59. The van der Waals surface area contributed by atoms with Crippen LogP contribution in [0.1, 0.15) is 73.9 Å². The molecule has 3 rings (SSSR count). The summed E-state index contributed by atoms with van der Waals surface area (Å²) in [6.07, 6.45) is 10.0. The van der Waals surface area contributed by atoms with Crippen LogP contribution < -0.4 is 5.32 Å². The maximum atomic E-state index is 12.8. The van der Waals surface area contributed by atoms with Crippen molar-refractivity contribution in [2.24, 2.45) is 5.92 Å². The van der Waals surface area contributed by atoms with Gasteiger partial charge in [-0.3, -0.25) is 9.59 Å². The van der Waals surface area contributed by atoms with Gasteiger partial charge in [0.25, 0.3) is 0 Å². The predicted octanol–water partition coefficient (Wildman–Crippen LogP) is 4.96. The molecule has 1 saturated carbocycles. The molecule has 1 aromatic carbocycles. The Morgan fingerprint density at radius 2 is 1.88 bits per heavy atom. The fourth-order valence-electron chi connectivity index (χ4n) is 4.01. The van der Waals surface area contributed by atoms with Crippen LogP contribution in [0.4, 0.5) is 0 Å². The highest BCUT2D eigenvalue weighted by molar-refractivity contribution is 6.33. The Bertz CT molecular complexity index is 713. The van der Waals surface area contributed by atoms with Gasteiger partial charge >= 0.3 is 0 Å². The molecule has 0 aromatic heterocycles. The molecule has 134 valence electrons. The molecular formula is C21H26ClNO2. The molecule has 1 heterocycles. The summed E-state index contributed by atoms with van der Waals surface area (Å²) in [6.45, 7) is 4.23. The van der Waals surface area contributed by atoms with Crippen LogP contribution in [0.3, 0.4) is 0 Å². The smallest absolute Gasteiger partial charge is 0.160 e. The Hall–Kier alpha value is -1.61. The van der Waals surface area contributed by atoms with E-state index in [2.05, 4.69) is 19.2 Å². The number of hydrogen-bond donors (Lipinski definition) is 1. The maximum Gasteiger partial charge on any atom is 0.160 e. The molecule has 0 bridgehead atoms. The monoisotopic (exact) mass is 359 g/mol. The lowest BCUT2D eigenvalue weighted by atomic mass is 9.84. The lowest BCUT2D eigenvalue weighted by molar-refractivity contribution is -0.118. The summed E-state index contributed by atoms with van der Waals surface area (Å²) in [5.41, 5.74) is 3.14. The first kappa shape index (κ1) is 18.2. The number of hydrogen-bond acceptors (Lipinski definition) is 3. The highest BCUT2D eigenvalue weighted by Crippen LogP contribution is 2.34. The minimum atomic E-state index is -0.158. The topological polar surface area (TPSA) is 46.2 Å². The van der Waals surface area contributed by atoms with Gasteiger partial charge < -0.3 is 5.32 Å². The van der Waals surface area contributed by atoms with Crippen molar-refractivity contribution in [3.05, 3.63) is 39.9 Å². The van der Waals surface area contributed by atoms with Crippen LogP contribution in [0.5, 0.6) is 0 Å².